The number of sulfonamides is 1. The van der Waals surface area contributed by atoms with E-state index in [1.807, 2.05) is 32.8 Å². The van der Waals surface area contributed by atoms with Gasteiger partial charge in [0, 0.05) is 19.6 Å². The van der Waals surface area contributed by atoms with Gasteiger partial charge in [0.05, 0.1) is 11.5 Å². The number of aliphatic hydroxyl groups is 1. The second-order valence-corrected chi connectivity index (χ2v) is 7.73. The summed E-state index contributed by atoms with van der Waals surface area (Å²) in [7, 11) is 0.249. The van der Waals surface area contributed by atoms with Crippen LogP contribution in [0.4, 0.5) is 0 Å². The summed E-state index contributed by atoms with van der Waals surface area (Å²) in [5.74, 6) is 0.239. The minimum absolute atomic E-state index is 0.201. The molecule has 0 aliphatic heterocycles. The summed E-state index contributed by atoms with van der Waals surface area (Å²) < 4.78 is 27.2. The summed E-state index contributed by atoms with van der Waals surface area (Å²) in [6.07, 6.45) is 0. The number of hydrogen-bond acceptors (Lipinski definition) is 4. The molecule has 1 N–H and O–H groups in total. The molecule has 0 heterocycles. The molecule has 0 saturated heterocycles. The van der Waals surface area contributed by atoms with Crippen LogP contribution in [0.15, 0.2) is 29.2 Å². The van der Waals surface area contributed by atoms with Crippen molar-refractivity contribution in [1.29, 1.82) is 0 Å². The normalized spacial score (nSPS) is 12.6. The Kier molecular flexibility index (Phi) is 6.80. The van der Waals surface area contributed by atoms with E-state index in [1.165, 1.54) is 4.31 Å². The molecule has 0 bridgehead atoms. The summed E-state index contributed by atoms with van der Waals surface area (Å²) in [5.41, 5.74) is 0.441. The van der Waals surface area contributed by atoms with E-state index in [0.29, 0.717) is 25.2 Å². The van der Waals surface area contributed by atoms with Gasteiger partial charge in [-0.2, -0.15) is 4.31 Å². The lowest BCUT2D eigenvalue weighted by Gasteiger charge is -2.26. The maximum atomic E-state index is 12.9. The molecule has 0 aliphatic rings. The van der Waals surface area contributed by atoms with E-state index in [0.717, 1.165) is 0 Å². The highest BCUT2D eigenvalue weighted by Crippen LogP contribution is 2.21. The van der Waals surface area contributed by atoms with Gasteiger partial charge in [0.1, 0.15) is 0 Å². The molecule has 0 unspecified atom stereocenters. The highest BCUT2D eigenvalue weighted by atomic mass is 32.2. The fourth-order valence-electron chi connectivity index (χ4n) is 2.05. The van der Waals surface area contributed by atoms with E-state index in [-0.39, 0.29) is 17.4 Å². The van der Waals surface area contributed by atoms with Crippen molar-refractivity contribution in [3.05, 3.63) is 29.8 Å². The van der Waals surface area contributed by atoms with Crippen LogP contribution in [0.2, 0.25) is 0 Å². The molecule has 6 heteroatoms. The van der Waals surface area contributed by atoms with Crippen LogP contribution < -0.4 is 0 Å². The first-order chi connectivity index (χ1) is 9.78. The standard InChI is InChI=1S/C15H26N2O3S/c1-13(2)11-17(10-9-16(3)4)21(19,20)15-8-6-5-7-14(15)12-18/h5-8,13,18H,9-12H2,1-4H3. The van der Waals surface area contributed by atoms with Crippen LogP contribution in [0.3, 0.4) is 0 Å². The Bertz CT molecular complexity index is 542. The maximum Gasteiger partial charge on any atom is 0.243 e. The van der Waals surface area contributed by atoms with E-state index in [1.54, 1.807) is 24.3 Å². The van der Waals surface area contributed by atoms with E-state index in [4.69, 9.17) is 0 Å². The number of benzene rings is 1. The fourth-order valence-corrected chi connectivity index (χ4v) is 3.86. The largest absolute Gasteiger partial charge is 0.392 e. The molecule has 21 heavy (non-hydrogen) atoms. The van der Waals surface area contributed by atoms with Crippen LogP contribution in [-0.2, 0) is 16.6 Å². The summed E-state index contributed by atoms with van der Waals surface area (Å²) in [5, 5.41) is 9.37. The Hall–Kier alpha value is -0.950. The highest BCUT2D eigenvalue weighted by molar-refractivity contribution is 7.89. The molecule has 0 aliphatic carbocycles. The van der Waals surface area contributed by atoms with Crippen LogP contribution in [0.5, 0.6) is 0 Å². The van der Waals surface area contributed by atoms with Crippen LogP contribution in [0, 0.1) is 5.92 Å². The molecule has 0 saturated carbocycles. The lowest BCUT2D eigenvalue weighted by Crippen LogP contribution is -2.39. The fraction of sp³-hybridized carbons (Fsp3) is 0.600. The number of likely N-dealkylation sites (N-methyl/N-ethyl adjacent to an activating group) is 1. The molecule has 0 spiro atoms. The molecule has 0 atom stereocenters. The van der Waals surface area contributed by atoms with Crippen molar-refractivity contribution in [3.8, 4) is 0 Å². The maximum absolute atomic E-state index is 12.9. The van der Waals surface area contributed by atoms with Gasteiger partial charge >= 0.3 is 0 Å². The number of rotatable bonds is 8. The predicted molar refractivity (Wildman–Crippen MR) is 84.5 cm³/mol. The minimum Gasteiger partial charge on any atom is -0.392 e. The SMILES string of the molecule is CC(C)CN(CCN(C)C)S(=O)(=O)c1ccccc1CO. The van der Waals surface area contributed by atoms with Crippen molar-refractivity contribution < 1.29 is 13.5 Å². The first kappa shape index (κ1) is 18.1. The van der Waals surface area contributed by atoms with Crippen LogP contribution in [0.1, 0.15) is 19.4 Å². The smallest absolute Gasteiger partial charge is 0.243 e. The average molecular weight is 314 g/mol. The average Bonchev–Trinajstić information content (AvgIpc) is 2.42. The third-order valence-electron chi connectivity index (χ3n) is 3.13. The zero-order chi connectivity index (χ0) is 16.0. The quantitative estimate of drug-likeness (QED) is 0.788. The van der Waals surface area contributed by atoms with E-state index in [9.17, 15) is 13.5 Å². The topological polar surface area (TPSA) is 60.9 Å². The molecule has 0 amide bonds. The van der Waals surface area contributed by atoms with Gasteiger partial charge < -0.3 is 10.0 Å². The molecular formula is C15H26N2O3S. The number of hydrogen-bond donors (Lipinski definition) is 1. The first-order valence-corrected chi connectivity index (χ1v) is 8.56. The second-order valence-electron chi connectivity index (χ2n) is 5.83. The van der Waals surface area contributed by atoms with Gasteiger partial charge in [0.15, 0.2) is 0 Å². The van der Waals surface area contributed by atoms with Gasteiger partial charge in [-0.05, 0) is 31.6 Å². The zero-order valence-electron chi connectivity index (χ0n) is 13.3. The van der Waals surface area contributed by atoms with Gasteiger partial charge in [-0.25, -0.2) is 8.42 Å². The van der Waals surface area contributed by atoms with Crippen LogP contribution in [-0.4, -0.2) is 56.5 Å². The van der Waals surface area contributed by atoms with Crippen molar-refractivity contribution in [1.82, 2.24) is 9.21 Å². The summed E-state index contributed by atoms with van der Waals surface area (Å²) in [6.45, 7) is 5.28. The molecule has 1 rings (SSSR count). The van der Waals surface area contributed by atoms with Gasteiger partial charge in [0.2, 0.25) is 10.0 Å². The third-order valence-corrected chi connectivity index (χ3v) is 5.09. The van der Waals surface area contributed by atoms with E-state index < -0.39 is 10.0 Å². The van der Waals surface area contributed by atoms with E-state index in [2.05, 4.69) is 0 Å². The Balaban J connectivity index is 3.13. The van der Waals surface area contributed by atoms with Gasteiger partial charge in [-0.1, -0.05) is 32.0 Å². The monoisotopic (exact) mass is 314 g/mol. The van der Waals surface area contributed by atoms with Gasteiger partial charge in [-0.15, -0.1) is 0 Å². The van der Waals surface area contributed by atoms with Crippen molar-refractivity contribution >= 4 is 10.0 Å². The minimum atomic E-state index is -3.59. The lowest BCUT2D eigenvalue weighted by atomic mass is 10.2. The Labute approximate surface area is 128 Å². The van der Waals surface area contributed by atoms with Gasteiger partial charge in [0.25, 0.3) is 0 Å². The molecule has 1 aromatic carbocycles. The van der Waals surface area contributed by atoms with Crippen molar-refractivity contribution in [3.63, 3.8) is 0 Å². The number of aliphatic hydroxyl groups excluding tert-OH is 1. The molecule has 120 valence electrons. The Morgan fingerprint density at radius 2 is 1.76 bits per heavy atom. The molecule has 0 fully saturated rings. The zero-order valence-corrected chi connectivity index (χ0v) is 14.1. The first-order valence-electron chi connectivity index (χ1n) is 7.12. The molecule has 0 aromatic heterocycles. The van der Waals surface area contributed by atoms with E-state index >= 15 is 0 Å². The Morgan fingerprint density at radius 1 is 1.14 bits per heavy atom. The summed E-state index contributed by atoms with van der Waals surface area (Å²) in [6, 6.07) is 6.62. The molecule has 1 aromatic rings. The molecule has 0 radical (unpaired) electrons. The summed E-state index contributed by atoms with van der Waals surface area (Å²) >= 11 is 0. The Morgan fingerprint density at radius 3 is 2.29 bits per heavy atom. The predicted octanol–water partition coefficient (Wildman–Crippen LogP) is 1.39. The third kappa shape index (κ3) is 5.07. The van der Waals surface area contributed by atoms with Crippen LogP contribution in [0.25, 0.3) is 0 Å². The van der Waals surface area contributed by atoms with Gasteiger partial charge in [-0.3, -0.25) is 0 Å². The number of nitrogens with zero attached hydrogens (tertiary/aromatic N) is 2. The van der Waals surface area contributed by atoms with Crippen LogP contribution >= 0.6 is 0 Å². The van der Waals surface area contributed by atoms with Crippen molar-refractivity contribution in [2.24, 2.45) is 5.92 Å². The summed E-state index contributed by atoms with van der Waals surface area (Å²) in [4.78, 5) is 2.16. The molecule has 5 nitrogen and oxygen atoms in total. The lowest BCUT2D eigenvalue weighted by molar-refractivity contribution is 0.277. The van der Waals surface area contributed by atoms with Crippen molar-refractivity contribution in [2.75, 3.05) is 33.7 Å². The van der Waals surface area contributed by atoms with Crippen molar-refractivity contribution in [2.45, 2.75) is 25.3 Å². The highest BCUT2D eigenvalue weighted by Gasteiger charge is 2.27. The second kappa shape index (κ2) is 7.89. The molecular weight excluding hydrogens is 288 g/mol.